The van der Waals surface area contributed by atoms with Crippen molar-refractivity contribution in [1.82, 2.24) is 5.32 Å². The number of benzene rings is 1. The van der Waals surface area contributed by atoms with Crippen LogP contribution in [0.2, 0.25) is 0 Å². The van der Waals surface area contributed by atoms with Crippen LogP contribution in [0.4, 0.5) is 0 Å². The molecule has 0 spiro atoms. The Morgan fingerprint density at radius 2 is 1.81 bits per heavy atom. The highest BCUT2D eigenvalue weighted by Gasteiger charge is 2.07. The molecule has 3 N–H and O–H groups in total. The van der Waals surface area contributed by atoms with Crippen LogP contribution >= 0.6 is 0 Å². The number of rotatable bonds is 9. The molecule has 0 aliphatic rings. The van der Waals surface area contributed by atoms with Crippen LogP contribution in [0.3, 0.4) is 0 Å². The largest absolute Gasteiger partial charge is 0.493 e. The predicted molar refractivity (Wildman–Crippen MR) is 85.8 cm³/mol. The van der Waals surface area contributed by atoms with E-state index in [1.165, 1.54) is 0 Å². The molecule has 1 aromatic carbocycles. The summed E-state index contributed by atoms with van der Waals surface area (Å²) in [4.78, 5) is 0. The highest BCUT2D eigenvalue weighted by atomic mass is 32.2. The van der Waals surface area contributed by atoms with Gasteiger partial charge >= 0.3 is 0 Å². The van der Waals surface area contributed by atoms with Crippen molar-refractivity contribution in [3.63, 3.8) is 0 Å². The first-order valence-electron chi connectivity index (χ1n) is 7.24. The lowest BCUT2D eigenvalue weighted by atomic mass is 10.1. The zero-order valence-corrected chi connectivity index (χ0v) is 13.8. The molecule has 0 radical (unpaired) electrons. The van der Waals surface area contributed by atoms with Crippen LogP contribution in [-0.2, 0) is 10.0 Å². The van der Waals surface area contributed by atoms with Crippen LogP contribution < -0.4 is 15.2 Å². The van der Waals surface area contributed by atoms with Gasteiger partial charge in [-0.3, -0.25) is 0 Å². The van der Waals surface area contributed by atoms with Crippen LogP contribution in [0.25, 0.3) is 0 Å². The minimum Gasteiger partial charge on any atom is -0.493 e. The Kier molecular flexibility index (Phi) is 7.14. The zero-order chi connectivity index (χ0) is 15.9. The Balaban J connectivity index is 2.38. The van der Waals surface area contributed by atoms with Gasteiger partial charge in [-0.15, -0.1) is 0 Å². The van der Waals surface area contributed by atoms with E-state index in [0.717, 1.165) is 11.3 Å². The van der Waals surface area contributed by atoms with Crippen molar-refractivity contribution in [2.45, 2.75) is 33.2 Å². The van der Waals surface area contributed by atoms with E-state index in [0.29, 0.717) is 25.5 Å². The van der Waals surface area contributed by atoms with Gasteiger partial charge in [0.1, 0.15) is 5.75 Å². The molecule has 0 bridgehead atoms. The normalized spacial score (nSPS) is 13.4. The van der Waals surface area contributed by atoms with Crippen LogP contribution in [0.5, 0.6) is 5.75 Å². The summed E-state index contributed by atoms with van der Waals surface area (Å²) in [6.45, 7) is 7.59. The molecule has 1 rings (SSSR count). The molecule has 120 valence electrons. The first-order valence-corrected chi connectivity index (χ1v) is 8.96. The highest BCUT2D eigenvalue weighted by Crippen LogP contribution is 2.18. The van der Waals surface area contributed by atoms with Crippen molar-refractivity contribution in [3.05, 3.63) is 29.8 Å². The van der Waals surface area contributed by atoms with Crippen molar-refractivity contribution in [3.8, 4) is 5.75 Å². The number of nitrogens with two attached hydrogens (primary N) is 1. The lowest BCUT2D eigenvalue weighted by Gasteiger charge is -2.15. The van der Waals surface area contributed by atoms with Gasteiger partial charge in [0.15, 0.2) is 0 Å². The Morgan fingerprint density at radius 3 is 2.33 bits per heavy atom. The average molecular weight is 314 g/mol. The van der Waals surface area contributed by atoms with E-state index >= 15 is 0 Å². The molecule has 0 fully saturated rings. The van der Waals surface area contributed by atoms with Crippen molar-refractivity contribution in [2.75, 3.05) is 18.9 Å². The first-order chi connectivity index (χ1) is 9.78. The smallest absolute Gasteiger partial charge is 0.209 e. The summed E-state index contributed by atoms with van der Waals surface area (Å²) in [5, 5.41) is 8.24. The number of sulfonamides is 1. The number of primary sulfonamides is 1. The van der Waals surface area contributed by atoms with Gasteiger partial charge in [0.25, 0.3) is 0 Å². The first kappa shape index (κ1) is 17.9. The van der Waals surface area contributed by atoms with Crippen LogP contribution in [0, 0.1) is 5.92 Å². The maximum Gasteiger partial charge on any atom is 0.209 e. The fourth-order valence-corrected chi connectivity index (χ4v) is 2.37. The van der Waals surface area contributed by atoms with Gasteiger partial charge in [0.05, 0.1) is 12.4 Å². The van der Waals surface area contributed by atoms with E-state index in [9.17, 15) is 8.42 Å². The molecule has 6 heteroatoms. The van der Waals surface area contributed by atoms with Gasteiger partial charge in [-0.05, 0) is 43.5 Å². The Bertz CT molecular complexity index is 512. The summed E-state index contributed by atoms with van der Waals surface area (Å²) in [6, 6.07) is 8.12. The maximum absolute atomic E-state index is 10.8. The van der Waals surface area contributed by atoms with Gasteiger partial charge < -0.3 is 10.1 Å². The van der Waals surface area contributed by atoms with Gasteiger partial charge in [0.2, 0.25) is 10.0 Å². The molecule has 1 atom stereocenters. The second-order valence-electron chi connectivity index (χ2n) is 5.67. The highest BCUT2D eigenvalue weighted by molar-refractivity contribution is 7.89. The fraction of sp³-hybridized carbons (Fsp3) is 0.600. The molecule has 1 aromatic rings. The molecular weight excluding hydrogens is 288 g/mol. The average Bonchev–Trinajstić information content (AvgIpc) is 2.40. The standard InChI is InChI=1S/C15H26N2O3S/c1-12(2)11-20-15-7-5-14(6-8-15)13(3)17-9-4-10-21(16,18)19/h5-8,12-13,17H,4,9-11H2,1-3H3,(H2,16,18,19). The minimum atomic E-state index is -3.36. The van der Waals surface area contributed by atoms with Crippen molar-refractivity contribution in [2.24, 2.45) is 11.1 Å². The number of hydrogen-bond donors (Lipinski definition) is 2. The molecular formula is C15H26N2O3S. The Morgan fingerprint density at radius 1 is 1.19 bits per heavy atom. The molecule has 0 saturated carbocycles. The lowest BCUT2D eigenvalue weighted by Crippen LogP contribution is -2.24. The zero-order valence-electron chi connectivity index (χ0n) is 13.0. The fourth-order valence-electron chi connectivity index (χ4n) is 1.83. The van der Waals surface area contributed by atoms with Gasteiger partial charge in [0, 0.05) is 6.04 Å². The Labute approximate surface area is 127 Å². The van der Waals surface area contributed by atoms with E-state index < -0.39 is 10.0 Å². The van der Waals surface area contributed by atoms with E-state index in [1.807, 2.05) is 31.2 Å². The monoisotopic (exact) mass is 314 g/mol. The third-order valence-electron chi connectivity index (χ3n) is 3.02. The van der Waals surface area contributed by atoms with Gasteiger partial charge in [-0.1, -0.05) is 26.0 Å². The summed E-state index contributed by atoms with van der Waals surface area (Å²) in [5.41, 5.74) is 1.14. The molecule has 0 saturated heterocycles. The number of hydrogen-bond acceptors (Lipinski definition) is 4. The third kappa shape index (κ3) is 8.04. The predicted octanol–water partition coefficient (Wildman–Crippen LogP) is 2.05. The van der Waals surface area contributed by atoms with Crippen LogP contribution in [-0.4, -0.2) is 27.3 Å². The minimum absolute atomic E-state index is 0.00863. The van der Waals surface area contributed by atoms with Crippen LogP contribution in [0.15, 0.2) is 24.3 Å². The van der Waals surface area contributed by atoms with Gasteiger partial charge in [-0.2, -0.15) is 0 Å². The molecule has 0 aliphatic heterocycles. The molecule has 0 amide bonds. The second-order valence-corrected chi connectivity index (χ2v) is 7.40. The third-order valence-corrected chi connectivity index (χ3v) is 3.88. The molecule has 0 heterocycles. The summed E-state index contributed by atoms with van der Waals surface area (Å²) < 4.78 is 27.3. The summed E-state index contributed by atoms with van der Waals surface area (Å²) in [6.07, 6.45) is 0.513. The summed E-state index contributed by atoms with van der Waals surface area (Å²) in [7, 11) is -3.36. The second kappa shape index (κ2) is 8.36. The van der Waals surface area contributed by atoms with E-state index in [-0.39, 0.29) is 11.8 Å². The van der Waals surface area contributed by atoms with E-state index in [2.05, 4.69) is 19.2 Å². The van der Waals surface area contributed by atoms with Crippen molar-refractivity contribution < 1.29 is 13.2 Å². The molecule has 5 nitrogen and oxygen atoms in total. The quantitative estimate of drug-likeness (QED) is 0.684. The summed E-state index contributed by atoms with van der Waals surface area (Å²) in [5.74, 6) is 1.38. The van der Waals surface area contributed by atoms with Gasteiger partial charge in [-0.25, -0.2) is 13.6 Å². The summed E-state index contributed by atoms with van der Waals surface area (Å²) >= 11 is 0. The van der Waals surface area contributed by atoms with E-state index in [4.69, 9.17) is 9.88 Å². The van der Waals surface area contributed by atoms with Crippen molar-refractivity contribution in [1.29, 1.82) is 0 Å². The molecule has 1 unspecified atom stereocenters. The van der Waals surface area contributed by atoms with Crippen LogP contribution in [0.1, 0.15) is 38.8 Å². The lowest BCUT2D eigenvalue weighted by molar-refractivity contribution is 0.271. The van der Waals surface area contributed by atoms with Crippen molar-refractivity contribution >= 4 is 10.0 Å². The topological polar surface area (TPSA) is 81.4 Å². The van der Waals surface area contributed by atoms with E-state index in [1.54, 1.807) is 0 Å². The molecule has 0 aromatic heterocycles. The number of nitrogens with one attached hydrogen (secondary N) is 1. The molecule has 21 heavy (non-hydrogen) atoms. The number of ether oxygens (including phenoxy) is 1. The molecule has 0 aliphatic carbocycles. The maximum atomic E-state index is 10.8. The SMILES string of the molecule is CC(C)COc1ccc(C(C)NCCCS(N)(=O)=O)cc1. The Hall–Kier alpha value is -1.11.